The Hall–Kier alpha value is -1.61. The van der Waals surface area contributed by atoms with E-state index in [0.717, 1.165) is 31.0 Å². The predicted molar refractivity (Wildman–Crippen MR) is 80.7 cm³/mol. The average Bonchev–Trinajstić information content (AvgIpc) is 2.93. The molecule has 1 saturated heterocycles. The highest BCUT2D eigenvalue weighted by Gasteiger charge is 2.25. The highest BCUT2D eigenvalue weighted by molar-refractivity contribution is 5.80. The first-order valence-electron chi connectivity index (χ1n) is 7.21. The first kappa shape index (κ1) is 12.4. The molecule has 1 fully saturated rings. The second-order valence-corrected chi connectivity index (χ2v) is 5.16. The van der Waals surface area contributed by atoms with Crippen molar-refractivity contribution < 1.29 is 0 Å². The van der Waals surface area contributed by atoms with Crippen LogP contribution in [0, 0.1) is 0 Å². The van der Waals surface area contributed by atoms with E-state index in [1.807, 2.05) is 0 Å². The van der Waals surface area contributed by atoms with E-state index in [1.54, 1.807) is 0 Å². The standard InChI is InChI=1S/C16H21N3/c1-2-17-12-14-7-5-11-19(14)16-10-9-13-6-3-4-8-15(13)18-16/h3-4,6,8-10,14,17H,2,5,7,11-12H2,1H3. The molecule has 3 rings (SSSR count). The quantitative estimate of drug-likeness (QED) is 0.910. The SMILES string of the molecule is CCNCC1CCCN1c1ccc2ccccc2n1. The molecule has 0 saturated carbocycles. The molecule has 1 N–H and O–H groups in total. The van der Waals surface area contributed by atoms with Crippen LogP contribution in [0.15, 0.2) is 36.4 Å². The zero-order valence-corrected chi connectivity index (χ0v) is 11.5. The first-order chi connectivity index (χ1) is 9.38. The van der Waals surface area contributed by atoms with E-state index in [9.17, 15) is 0 Å². The van der Waals surface area contributed by atoms with Gasteiger partial charge < -0.3 is 10.2 Å². The fourth-order valence-corrected chi connectivity index (χ4v) is 2.88. The molecule has 1 aliphatic rings. The summed E-state index contributed by atoms with van der Waals surface area (Å²) in [4.78, 5) is 7.27. The van der Waals surface area contributed by atoms with Crippen molar-refractivity contribution in [1.29, 1.82) is 0 Å². The minimum absolute atomic E-state index is 0.591. The normalized spacial score (nSPS) is 19.2. The third kappa shape index (κ3) is 2.56. The van der Waals surface area contributed by atoms with Crippen LogP contribution in [0.25, 0.3) is 10.9 Å². The third-order valence-corrected chi connectivity index (χ3v) is 3.89. The lowest BCUT2D eigenvalue weighted by atomic mass is 10.2. The van der Waals surface area contributed by atoms with Gasteiger partial charge in [-0.2, -0.15) is 0 Å². The number of anilines is 1. The van der Waals surface area contributed by atoms with Gasteiger partial charge in [-0.1, -0.05) is 25.1 Å². The van der Waals surface area contributed by atoms with E-state index in [1.165, 1.54) is 18.2 Å². The Morgan fingerprint density at radius 2 is 2.16 bits per heavy atom. The summed E-state index contributed by atoms with van der Waals surface area (Å²) in [6.07, 6.45) is 2.53. The van der Waals surface area contributed by atoms with E-state index in [2.05, 4.69) is 53.5 Å². The number of para-hydroxylation sites is 1. The summed E-state index contributed by atoms with van der Waals surface area (Å²) in [5.74, 6) is 1.12. The molecule has 3 nitrogen and oxygen atoms in total. The molecule has 0 bridgehead atoms. The number of fused-ring (bicyclic) bond motifs is 1. The van der Waals surface area contributed by atoms with Gasteiger partial charge in [-0.25, -0.2) is 4.98 Å². The first-order valence-corrected chi connectivity index (χ1v) is 7.21. The molecule has 19 heavy (non-hydrogen) atoms. The topological polar surface area (TPSA) is 28.2 Å². The molecule has 2 aromatic rings. The summed E-state index contributed by atoms with van der Waals surface area (Å²) in [5.41, 5.74) is 1.09. The second-order valence-electron chi connectivity index (χ2n) is 5.16. The lowest BCUT2D eigenvalue weighted by Crippen LogP contribution is -2.38. The number of pyridine rings is 1. The molecule has 100 valence electrons. The summed E-state index contributed by atoms with van der Waals surface area (Å²) in [5, 5.41) is 4.67. The molecule has 1 atom stereocenters. The van der Waals surface area contributed by atoms with Crippen molar-refractivity contribution >= 4 is 16.7 Å². The summed E-state index contributed by atoms with van der Waals surface area (Å²) >= 11 is 0. The zero-order chi connectivity index (χ0) is 13.1. The number of hydrogen-bond donors (Lipinski definition) is 1. The maximum absolute atomic E-state index is 4.81. The Morgan fingerprint density at radius 1 is 1.26 bits per heavy atom. The van der Waals surface area contributed by atoms with Gasteiger partial charge in [0.05, 0.1) is 5.52 Å². The van der Waals surface area contributed by atoms with Crippen LogP contribution >= 0.6 is 0 Å². The van der Waals surface area contributed by atoms with Gasteiger partial charge in [0.15, 0.2) is 0 Å². The van der Waals surface area contributed by atoms with Gasteiger partial charge in [-0.3, -0.25) is 0 Å². The summed E-state index contributed by atoms with van der Waals surface area (Å²) in [7, 11) is 0. The van der Waals surface area contributed by atoms with E-state index >= 15 is 0 Å². The lowest BCUT2D eigenvalue weighted by Gasteiger charge is -2.26. The van der Waals surface area contributed by atoms with Crippen molar-refractivity contribution in [2.45, 2.75) is 25.8 Å². The highest BCUT2D eigenvalue weighted by atomic mass is 15.2. The minimum atomic E-state index is 0.591. The maximum Gasteiger partial charge on any atom is 0.129 e. The number of aromatic nitrogens is 1. The van der Waals surface area contributed by atoms with Gasteiger partial charge in [0.1, 0.15) is 5.82 Å². The monoisotopic (exact) mass is 255 g/mol. The molecule has 1 unspecified atom stereocenters. The fourth-order valence-electron chi connectivity index (χ4n) is 2.88. The van der Waals surface area contributed by atoms with Gasteiger partial charge in [0, 0.05) is 24.5 Å². The van der Waals surface area contributed by atoms with Gasteiger partial charge in [0.25, 0.3) is 0 Å². The summed E-state index contributed by atoms with van der Waals surface area (Å²) in [6.45, 7) is 5.38. The molecule has 0 spiro atoms. The molecular formula is C16H21N3. The molecule has 3 heteroatoms. The van der Waals surface area contributed by atoms with Crippen LogP contribution in [0.2, 0.25) is 0 Å². The van der Waals surface area contributed by atoms with Crippen molar-refractivity contribution in [1.82, 2.24) is 10.3 Å². The number of hydrogen-bond acceptors (Lipinski definition) is 3. The molecule has 0 amide bonds. The number of rotatable bonds is 4. The molecule has 2 heterocycles. The van der Waals surface area contributed by atoms with Crippen molar-refractivity contribution in [2.24, 2.45) is 0 Å². The smallest absolute Gasteiger partial charge is 0.129 e. The number of nitrogens with one attached hydrogen (secondary N) is 1. The van der Waals surface area contributed by atoms with E-state index < -0.39 is 0 Å². The van der Waals surface area contributed by atoms with Gasteiger partial charge in [0.2, 0.25) is 0 Å². The van der Waals surface area contributed by atoms with E-state index in [0.29, 0.717) is 6.04 Å². The second kappa shape index (κ2) is 5.57. The molecule has 1 aromatic carbocycles. The molecule has 0 aliphatic carbocycles. The van der Waals surface area contributed by atoms with Gasteiger partial charge in [-0.05, 0) is 37.6 Å². The number of nitrogens with zero attached hydrogens (tertiary/aromatic N) is 2. The van der Waals surface area contributed by atoms with Crippen LogP contribution in [0.4, 0.5) is 5.82 Å². The Kier molecular flexibility index (Phi) is 3.65. The molecular weight excluding hydrogens is 234 g/mol. The third-order valence-electron chi connectivity index (χ3n) is 3.89. The zero-order valence-electron chi connectivity index (χ0n) is 11.5. The van der Waals surface area contributed by atoms with Crippen molar-refractivity contribution in [2.75, 3.05) is 24.5 Å². The highest BCUT2D eigenvalue weighted by Crippen LogP contribution is 2.25. The maximum atomic E-state index is 4.81. The van der Waals surface area contributed by atoms with Gasteiger partial charge in [-0.15, -0.1) is 0 Å². The molecule has 0 radical (unpaired) electrons. The molecule has 1 aliphatic heterocycles. The van der Waals surface area contributed by atoms with Crippen molar-refractivity contribution in [3.8, 4) is 0 Å². The Morgan fingerprint density at radius 3 is 3.05 bits per heavy atom. The fraction of sp³-hybridized carbons (Fsp3) is 0.438. The van der Waals surface area contributed by atoms with Crippen LogP contribution in [0.1, 0.15) is 19.8 Å². The number of likely N-dealkylation sites (N-methyl/N-ethyl adjacent to an activating group) is 1. The van der Waals surface area contributed by atoms with Crippen LogP contribution < -0.4 is 10.2 Å². The van der Waals surface area contributed by atoms with Crippen molar-refractivity contribution in [3.63, 3.8) is 0 Å². The Labute approximate surface area is 114 Å². The van der Waals surface area contributed by atoms with Crippen LogP contribution in [0.5, 0.6) is 0 Å². The van der Waals surface area contributed by atoms with Crippen LogP contribution in [-0.2, 0) is 0 Å². The average molecular weight is 255 g/mol. The Bertz CT molecular complexity index is 552. The summed E-state index contributed by atoms with van der Waals surface area (Å²) < 4.78 is 0. The lowest BCUT2D eigenvalue weighted by molar-refractivity contribution is 0.585. The van der Waals surface area contributed by atoms with E-state index in [-0.39, 0.29) is 0 Å². The van der Waals surface area contributed by atoms with E-state index in [4.69, 9.17) is 4.98 Å². The number of benzene rings is 1. The molecule has 1 aromatic heterocycles. The van der Waals surface area contributed by atoms with Crippen LogP contribution in [0.3, 0.4) is 0 Å². The van der Waals surface area contributed by atoms with Gasteiger partial charge >= 0.3 is 0 Å². The summed E-state index contributed by atoms with van der Waals surface area (Å²) in [6, 6.07) is 13.3. The Balaban J connectivity index is 1.86. The largest absolute Gasteiger partial charge is 0.352 e. The van der Waals surface area contributed by atoms with Crippen molar-refractivity contribution in [3.05, 3.63) is 36.4 Å². The predicted octanol–water partition coefficient (Wildman–Crippen LogP) is 2.81. The van der Waals surface area contributed by atoms with Crippen LogP contribution in [-0.4, -0.2) is 30.7 Å². The minimum Gasteiger partial charge on any atom is -0.352 e.